The van der Waals surface area contributed by atoms with E-state index in [9.17, 15) is 8.42 Å². The first-order valence-electron chi connectivity index (χ1n) is 5.32. The normalized spacial score (nSPS) is 13.4. The maximum absolute atomic E-state index is 11.6. The van der Waals surface area contributed by atoms with Crippen molar-refractivity contribution >= 4 is 27.3 Å². The van der Waals surface area contributed by atoms with Crippen molar-refractivity contribution in [3.63, 3.8) is 0 Å². The molecule has 1 atom stereocenters. The highest BCUT2D eigenvalue weighted by atomic mass is 35.5. The number of hydrogen-bond donors (Lipinski definition) is 0. The molecule has 0 radical (unpaired) electrons. The highest BCUT2D eigenvalue weighted by Gasteiger charge is 2.17. The number of pyridine rings is 1. The summed E-state index contributed by atoms with van der Waals surface area (Å²) in [6, 6.07) is 3.19. The maximum atomic E-state index is 11.6. The van der Waals surface area contributed by atoms with Crippen molar-refractivity contribution in [2.24, 2.45) is 0 Å². The van der Waals surface area contributed by atoms with Gasteiger partial charge in [0.15, 0.2) is 9.84 Å². The van der Waals surface area contributed by atoms with E-state index in [4.69, 9.17) is 11.6 Å². The van der Waals surface area contributed by atoms with E-state index in [-0.39, 0.29) is 10.3 Å². The summed E-state index contributed by atoms with van der Waals surface area (Å²) in [6.45, 7) is 2.58. The van der Waals surface area contributed by atoms with Gasteiger partial charge in [-0.1, -0.05) is 0 Å². The molecule has 0 aliphatic carbocycles. The van der Waals surface area contributed by atoms with Gasteiger partial charge in [0, 0.05) is 31.4 Å². The molecule has 0 saturated carbocycles. The number of sulfone groups is 1. The SMILES string of the molecule is CC(Cl)CCN(C)c1ncccc1S(C)(=O)=O. The number of anilines is 1. The van der Waals surface area contributed by atoms with Crippen LogP contribution >= 0.6 is 11.6 Å². The van der Waals surface area contributed by atoms with E-state index in [0.29, 0.717) is 12.4 Å². The lowest BCUT2D eigenvalue weighted by molar-refractivity contribution is 0.601. The van der Waals surface area contributed by atoms with E-state index in [2.05, 4.69) is 4.98 Å². The number of aromatic nitrogens is 1. The molecule has 0 amide bonds. The Morgan fingerprint density at radius 2 is 2.18 bits per heavy atom. The van der Waals surface area contributed by atoms with Crippen LogP contribution in [0.1, 0.15) is 13.3 Å². The van der Waals surface area contributed by atoms with Crippen molar-refractivity contribution in [1.82, 2.24) is 4.98 Å². The van der Waals surface area contributed by atoms with Crippen LogP contribution in [0.2, 0.25) is 0 Å². The minimum Gasteiger partial charge on any atom is -0.359 e. The van der Waals surface area contributed by atoms with E-state index in [1.54, 1.807) is 18.3 Å². The van der Waals surface area contributed by atoms with E-state index in [1.807, 2.05) is 18.9 Å². The minimum absolute atomic E-state index is 0.0582. The van der Waals surface area contributed by atoms with E-state index < -0.39 is 9.84 Å². The zero-order valence-electron chi connectivity index (χ0n) is 10.2. The van der Waals surface area contributed by atoms with Crippen molar-refractivity contribution < 1.29 is 8.42 Å². The molecule has 1 aromatic heterocycles. The van der Waals surface area contributed by atoms with Crippen molar-refractivity contribution in [2.75, 3.05) is 24.7 Å². The van der Waals surface area contributed by atoms with Gasteiger partial charge in [-0.05, 0) is 25.5 Å². The first-order valence-corrected chi connectivity index (χ1v) is 7.65. The van der Waals surface area contributed by atoms with Crippen LogP contribution in [0.4, 0.5) is 5.82 Å². The third-order valence-corrected chi connectivity index (χ3v) is 3.71. The zero-order chi connectivity index (χ0) is 13.1. The summed E-state index contributed by atoms with van der Waals surface area (Å²) in [5, 5.41) is 0.0582. The van der Waals surface area contributed by atoms with E-state index in [0.717, 1.165) is 6.42 Å². The molecular formula is C11H17ClN2O2S. The third-order valence-electron chi connectivity index (χ3n) is 2.37. The van der Waals surface area contributed by atoms with Gasteiger partial charge < -0.3 is 4.90 Å². The number of nitrogens with zero attached hydrogens (tertiary/aromatic N) is 2. The summed E-state index contributed by atoms with van der Waals surface area (Å²) in [5.41, 5.74) is 0. The molecule has 1 rings (SSSR count). The first kappa shape index (κ1) is 14.3. The second-order valence-electron chi connectivity index (χ2n) is 4.09. The molecule has 0 bridgehead atoms. The predicted octanol–water partition coefficient (Wildman–Crippen LogP) is 1.94. The Bertz CT molecular complexity index is 474. The number of rotatable bonds is 5. The Morgan fingerprint density at radius 3 is 2.71 bits per heavy atom. The zero-order valence-corrected chi connectivity index (χ0v) is 11.8. The lowest BCUT2D eigenvalue weighted by atomic mass is 10.3. The molecule has 1 unspecified atom stereocenters. The van der Waals surface area contributed by atoms with Crippen molar-refractivity contribution in [1.29, 1.82) is 0 Å². The summed E-state index contributed by atoms with van der Waals surface area (Å²) in [7, 11) is -1.44. The van der Waals surface area contributed by atoms with Gasteiger partial charge in [0.05, 0.1) is 0 Å². The van der Waals surface area contributed by atoms with Gasteiger partial charge in [-0.25, -0.2) is 13.4 Å². The highest BCUT2D eigenvalue weighted by Crippen LogP contribution is 2.21. The predicted molar refractivity (Wildman–Crippen MR) is 70.5 cm³/mol. The van der Waals surface area contributed by atoms with Crippen LogP contribution < -0.4 is 4.90 Å². The quantitative estimate of drug-likeness (QED) is 0.771. The van der Waals surface area contributed by atoms with Gasteiger partial charge in [0.2, 0.25) is 0 Å². The molecule has 0 saturated heterocycles. The molecular weight excluding hydrogens is 260 g/mol. The molecule has 0 fully saturated rings. The topological polar surface area (TPSA) is 50.3 Å². The van der Waals surface area contributed by atoms with Gasteiger partial charge in [-0.15, -0.1) is 11.6 Å². The van der Waals surface area contributed by atoms with Crippen LogP contribution in [-0.2, 0) is 9.84 Å². The van der Waals surface area contributed by atoms with E-state index in [1.165, 1.54) is 6.26 Å². The monoisotopic (exact) mass is 276 g/mol. The summed E-state index contributed by atoms with van der Waals surface area (Å²) >= 11 is 5.87. The Morgan fingerprint density at radius 1 is 1.53 bits per heavy atom. The second kappa shape index (κ2) is 5.69. The lowest BCUT2D eigenvalue weighted by Crippen LogP contribution is -2.23. The first-order chi connectivity index (χ1) is 7.82. The summed E-state index contributed by atoms with van der Waals surface area (Å²) in [6.07, 6.45) is 3.55. The van der Waals surface area contributed by atoms with Crippen molar-refractivity contribution in [3.8, 4) is 0 Å². The maximum Gasteiger partial charge on any atom is 0.179 e. The standard InChI is InChI=1S/C11H17ClN2O2S/c1-9(12)6-8-14(2)11-10(17(3,15)16)5-4-7-13-11/h4-5,7,9H,6,8H2,1-3H3. The minimum atomic E-state index is -3.25. The molecule has 0 aromatic carbocycles. The summed E-state index contributed by atoms with van der Waals surface area (Å²) in [4.78, 5) is 6.20. The van der Waals surface area contributed by atoms with Crippen molar-refractivity contribution in [2.45, 2.75) is 23.6 Å². The molecule has 1 heterocycles. The van der Waals surface area contributed by atoms with Gasteiger partial charge in [-0.3, -0.25) is 0 Å². The van der Waals surface area contributed by atoms with Crippen LogP contribution in [0.15, 0.2) is 23.2 Å². The largest absolute Gasteiger partial charge is 0.359 e. The molecule has 1 aromatic rings. The summed E-state index contributed by atoms with van der Waals surface area (Å²) in [5.74, 6) is 0.479. The average Bonchev–Trinajstić information content (AvgIpc) is 2.24. The van der Waals surface area contributed by atoms with Gasteiger partial charge in [0.25, 0.3) is 0 Å². The Balaban J connectivity index is 2.98. The number of alkyl halides is 1. The molecule has 17 heavy (non-hydrogen) atoms. The number of hydrogen-bond acceptors (Lipinski definition) is 4. The van der Waals surface area contributed by atoms with Gasteiger partial charge in [-0.2, -0.15) is 0 Å². The molecule has 0 N–H and O–H groups in total. The van der Waals surface area contributed by atoms with Gasteiger partial charge >= 0.3 is 0 Å². The van der Waals surface area contributed by atoms with Crippen molar-refractivity contribution in [3.05, 3.63) is 18.3 Å². The third kappa shape index (κ3) is 4.16. The summed E-state index contributed by atoms with van der Waals surface area (Å²) < 4.78 is 23.2. The smallest absolute Gasteiger partial charge is 0.179 e. The van der Waals surface area contributed by atoms with Crippen LogP contribution in [0, 0.1) is 0 Å². The molecule has 0 aliphatic heterocycles. The second-order valence-corrected chi connectivity index (χ2v) is 6.82. The van der Waals surface area contributed by atoms with E-state index >= 15 is 0 Å². The van der Waals surface area contributed by atoms with Crippen LogP contribution in [0.25, 0.3) is 0 Å². The van der Waals surface area contributed by atoms with Crippen LogP contribution in [0.3, 0.4) is 0 Å². The molecule has 96 valence electrons. The fraction of sp³-hybridized carbons (Fsp3) is 0.545. The lowest BCUT2D eigenvalue weighted by Gasteiger charge is -2.20. The van der Waals surface area contributed by atoms with Crippen LogP contribution in [-0.4, -0.2) is 38.6 Å². The molecule has 0 aliphatic rings. The number of halogens is 1. The highest BCUT2D eigenvalue weighted by molar-refractivity contribution is 7.90. The van der Waals surface area contributed by atoms with Gasteiger partial charge in [0.1, 0.15) is 10.7 Å². The molecule has 0 spiro atoms. The Kier molecular flexibility index (Phi) is 4.77. The molecule has 4 nitrogen and oxygen atoms in total. The average molecular weight is 277 g/mol. The fourth-order valence-electron chi connectivity index (χ4n) is 1.44. The Labute approximate surface area is 108 Å². The molecule has 6 heteroatoms. The Hall–Kier alpha value is -0.810. The van der Waals surface area contributed by atoms with Crippen LogP contribution in [0.5, 0.6) is 0 Å². The fourth-order valence-corrected chi connectivity index (χ4v) is 2.40.